The van der Waals surface area contributed by atoms with Gasteiger partial charge in [-0.15, -0.1) is 0 Å². The molecule has 0 bridgehead atoms. The maximum Gasteiger partial charge on any atom is 0.309 e. The molecule has 3 nitrogen and oxygen atoms in total. The van der Waals surface area contributed by atoms with Crippen LogP contribution in [0.1, 0.15) is 52.4 Å². The van der Waals surface area contributed by atoms with Crippen LogP contribution in [0.25, 0.3) is 0 Å². The summed E-state index contributed by atoms with van der Waals surface area (Å²) in [5, 5.41) is 9.06. The molecule has 100 valence electrons. The molecule has 0 heterocycles. The SMILES string of the molecule is CN(CCC(C)(C)C(=O)O)CC1CCCCC1. The monoisotopic (exact) mass is 241 g/mol. The number of nitrogens with zero attached hydrogens (tertiary/aromatic N) is 1. The number of carbonyl (C=O) groups is 1. The first-order valence-corrected chi connectivity index (χ1v) is 6.84. The Morgan fingerprint density at radius 3 is 2.41 bits per heavy atom. The summed E-state index contributed by atoms with van der Waals surface area (Å²) in [4.78, 5) is 13.3. The van der Waals surface area contributed by atoms with Crippen molar-refractivity contribution in [2.45, 2.75) is 52.4 Å². The molecule has 0 aliphatic heterocycles. The van der Waals surface area contributed by atoms with Gasteiger partial charge in [0, 0.05) is 6.54 Å². The van der Waals surface area contributed by atoms with Gasteiger partial charge in [-0.25, -0.2) is 0 Å². The molecule has 0 unspecified atom stereocenters. The molecule has 0 saturated heterocycles. The average Bonchev–Trinajstić information content (AvgIpc) is 2.28. The van der Waals surface area contributed by atoms with E-state index < -0.39 is 11.4 Å². The third kappa shape index (κ3) is 5.07. The molecular weight excluding hydrogens is 214 g/mol. The molecule has 3 heteroatoms. The van der Waals surface area contributed by atoms with Crippen LogP contribution >= 0.6 is 0 Å². The highest BCUT2D eigenvalue weighted by Crippen LogP contribution is 2.25. The van der Waals surface area contributed by atoms with E-state index in [9.17, 15) is 4.79 Å². The Hall–Kier alpha value is -0.570. The first kappa shape index (κ1) is 14.5. The lowest BCUT2D eigenvalue weighted by atomic mass is 9.87. The summed E-state index contributed by atoms with van der Waals surface area (Å²) in [6.45, 7) is 5.64. The fraction of sp³-hybridized carbons (Fsp3) is 0.929. The van der Waals surface area contributed by atoms with Crippen molar-refractivity contribution in [1.29, 1.82) is 0 Å². The zero-order chi connectivity index (χ0) is 12.9. The van der Waals surface area contributed by atoms with Crippen LogP contribution in [0.15, 0.2) is 0 Å². The zero-order valence-electron chi connectivity index (χ0n) is 11.5. The Morgan fingerprint density at radius 2 is 1.88 bits per heavy atom. The van der Waals surface area contributed by atoms with Crippen LogP contribution < -0.4 is 0 Å². The molecule has 17 heavy (non-hydrogen) atoms. The van der Waals surface area contributed by atoms with Crippen molar-refractivity contribution in [1.82, 2.24) is 4.90 Å². The molecule has 1 fully saturated rings. The van der Waals surface area contributed by atoms with Crippen LogP contribution in [0, 0.1) is 11.3 Å². The summed E-state index contributed by atoms with van der Waals surface area (Å²) in [6.07, 6.45) is 7.58. The molecule has 0 radical (unpaired) electrons. The van der Waals surface area contributed by atoms with Crippen molar-refractivity contribution in [2.75, 3.05) is 20.1 Å². The van der Waals surface area contributed by atoms with Gasteiger partial charge in [-0.05, 0) is 52.6 Å². The van der Waals surface area contributed by atoms with Crippen molar-refractivity contribution in [3.63, 3.8) is 0 Å². The van der Waals surface area contributed by atoms with Gasteiger partial charge in [0.05, 0.1) is 5.41 Å². The van der Waals surface area contributed by atoms with Crippen molar-refractivity contribution in [3.05, 3.63) is 0 Å². The number of hydrogen-bond donors (Lipinski definition) is 1. The van der Waals surface area contributed by atoms with E-state index in [1.54, 1.807) is 0 Å². The van der Waals surface area contributed by atoms with Crippen molar-refractivity contribution >= 4 is 5.97 Å². The lowest BCUT2D eigenvalue weighted by molar-refractivity contribution is -0.147. The number of hydrogen-bond acceptors (Lipinski definition) is 2. The number of carboxylic acids is 1. The second-order valence-electron chi connectivity index (χ2n) is 6.21. The second-order valence-corrected chi connectivity index (χ2v) is 6.21. The summed E-state index contributed by atoms with van der Waals surface area (Å²) in [5.74, 6) is 0.144. The minimum Gasteiger partial charge on any atom is -0.481 e. The molecule has 1 aliphatic carbocycles. The highest BCUT2D eigenvalue weighted by atomic mass is 16.4. The molecule has 0 aromatic carbocycles. The fourth-order valence-corrected chi connectivity index (χ4v) is 2.48. The summed E-state index contributed by atoms with van der Waals surface area (Å²) < 4.78 is 0. The average molecular weight is 241 g/mol. The smallest absolute Gasteiger partial charge is 0.309 e. The molecular formula is C14H27NO2. The predicted octanol–water partition coefficient (Wildman–Crippen LogP) is 3.00. The Balaban J connectivity index is 2.24. The first-order chi connectivity index (χ1) is 7.92. The van der Waals surface area contributed by atoms with Gasteiger partial charge >= 0.3 is 5.97 Å². The van der Waals surface area contributed by atoms with Gasteiger partial charge in [0.25, 0.3) is 0 Å². The van der Waals surface area contributed by atoms with Gasteiger partial charge in [-0.1, -0.05) is 19.3 Å². The first-order valence-electron chi connectivity index (χ1n) is 6.84. The fourth-order valence-electron chi connectivity index (χ4n) is 2.48. The molecule has 0 atom stereocenters. The molecule has 1 aliphatic rings. The Labute approximate surface area is 105 Å². The standard InChI is InChI=1S/C14H27NO2/c1-14(2,13(16)17)9-10-15(3)11-12-7-5-4-6-8-12/h12H,4-11H2,1-3H3,(H,16,17). The molecule has 1 saturated carbocycles. The third-order valence-electron chi connectivity index (χ3n) is 3.99. The van der Waals surface area contributed by atoms with E-state index in [0.29, 0.717) is 0 Å². The Kier molecular flexibility index (Phi) is 5.44. The highest BCUT2D eigenvalue weighted by molar-refractivity contribution is 5.73. The van der Waals surface area contributed by atoms with Crippen molar-refractivity contribution in [2.24, 2.45) is 11.3 Å². The topological polar surface area (TPSA) is 40.5 Å². The van der Waals surface area contributed by atoms with Gasteiger partial charge in [-0.3, -0.25) is 4.79 Å². The lowest BCUT2D eigenvalue weighted by Crippen LogP contribution is -2.33. The summed E-state index contributed by atoms with van der Waals surface area (Å²) in [6, 6.07) is 0. The second kappa shape index (κ2) is 6.39. The molecule has 0 spiro atoms. The largest absolute Gasteiger partial charge is 0.481 e. The maximum absolute atomic E-state index is 11.0. The summed E-state index contributed by atoms with van der Waals surface area (Å²) >= 11 is 0. The molecule has 1 N–H and O–H groups in total. The number of aliphatic carboxylic acids is 1. The van der Waals surface area contributed by atoms with Crippen LogP contribution in [-0.2, 0) is 4.79 Å². The minimum absolute atomic E-state index is 0.596. The Bertz CT molecular complexity index is 245. The van der Waals surface area contributed by atoms with Crippen LogP contribution in [0.3, 0.4) is 0 Å². The normalized spacial score (nSPS) is 18.6. The van der Waals surface area contributed by atoms with Gasteiger partial charge in [0.15, 0.2) is 0 Å². The van der Waals surface area contributed by atoms with Crippen LogP contribution in [-0.4, -0.2) is 36.1 Å². The number of rotatable bonds is 6. The van der Waals surface area contributed by atoms with E-state index in [-0.39, 0.29) is 0 Å². The minimum atomic E-state index is -0.691. The van der Waals surface area contributed by atoms with E-state index in [2.05, 4.69) is 11.9 Å². The highest BCUT2D eigenvalue weighted by Gasteiger charge is 2.27. The van der Waals surface area contributed by atoms with Gasteiger partial charge in [-0.2, -0.15) is 0 Å². The van der Waals surface area contributed by atoms with Crippen molar-refractivity contribution < 1.29 is 9.90 Å². The van der Waals surface area contributed by atoms with E-state index >= 15 is 0 Å². The summed E-state index contributed by atoms with van der Waals surface area (Å²) in [7, 11) is 2.12. The van der Waals surface area contributed by atoms with Crippen LogP contribution in [0.2, 0.25) is 0 Å². The maximum atomic E-state index is 11.0. The van der Waals surface area contributed by atoms with Gasteiger partial charge < -0.3 is 10.0 Å². The van der Waals surface area contributed by atoms with E-state index in [1.165, 1.54) is 32.1 Å². The Morgan fingerprint density at radius 1 is 1.29 bits per heavy atom. The number of carboxylic acid groups (broad SMARTS) is 1. The molecule has 1 rings (SSSR count). The van der Waals surface area contributed by atoms with Crippen molar-refractivity contribution in [3.8, 4) is 0 Å². The van der Waals surface area contributed by atoms with E-state index in [1.807, 2.05) is 13.8 Å². The molecule has 0 aromatic heterocycles. The molecule has 0 aromatic rings. The van der Waals surface area contributed by atoms with E-state index in [4.69, 9.17) is 5.11 Å². The lowest BCUT2D eigenvalue weighted by Gasteiger charge is -2.29. The predicted molar refractivity (Wildman–Crippen MR) is 70.1 cm³/mol. The zero-order valence-corrected chi connectivity index (χ0v) is 11.5. The van der Waals surface area contributed by atoms with Crippen LogP contribution in [0.5, 0.6) is 0 Å². The quantitative estimate of drug-likeness (QED) is 0.777. The van der Waals surface area contributed by atoms with Gasteiger partial charge in [0.2, 0.25) is 0 Å². The summed E-state index contributed by atoms with van der Waals surface area (Å²) in [5.41, 5.74) is -0.596. The van der Waals surface area contributed by atoms with Crippen LogP contribution in [0.4, 0.5) is 0 Å². The third-order valence-corrected chi connectivity index (χ3v) is 3.99. The van der Waals surface area contributed by atoms with Gasteiger partial charge in [0.1, 0.15) is 0 Å². The molecule has 0 amide bonds. The van der Waals surface area contributed by atoms with E-state index in [0.717, 1.165) is 25.4 Å².